The van der Waals surface area contributed by atoms with Crippen molar-refractivity contribution < 1.29 is 14.7 Å². The van der Waals surface area contributed by atoms with Gasteiger partial charge in [-0.15, -0.1) is 0 Å². The van der Waals surface area contributed by atoms with Gasteiger partial charge in [-0.2, -0.15) is 0 Å². The normalized spacial score (nSPS) is 10.3. The van der Waals surface area contributed by atoms with Crippen LogP contribution in [-0.2, 0) is 24.2 Å². The Kier molecular flexibility index (Phi) is 5.52. The summed E-state index contributed by atoms with van der Waals surface area (Å²) in [4.78, 5) is 24.9. The standard InChI is InChI=1S/C19H21NO3/c1-3-15-6-4-5-7-17(15)12-18(21)20(2)13-14-8-10-16(11-9-14)19(22)23/h4-11H,3,12-13H2,1-2H3,(H,22,23). The van der Waals surface area contributed by atoms with Gasteiger partial charge in [0.2, 0.25) is 5.91 Å². The van der Waals surface area contributed by atoms with Crippen LogP contribution in [0.25, 0.3) is 0 Å². The molecular formula is C19H21NO3. The van der Waals surface area contributed by atoms with E-state index in [1.165, 1.54) is 5.56 Å². The van der Waals surface area contributed by atoms with Gasteiger partial charge in [0.15, 0.2) is 0 Å². The molecule has 1 amide bonds. The van der Waals surface area contributed by atoms with Gasteiger partial charge >= 0.3 is 5.97 Å². The van der Waals surface area contributed by atoms with E-state index in [-0.39, 0.29) is 11.5 Å². The van der Waals surface area contributed by atoms with Gasteiger partial charge in [-0.25, -0.2) is 4.79 Å². The third kappa shape index (κ3) is 4.42. The number of likely N-dealkylation sites (N-methyl/N-ethyl adjacent to an activating group) is 1. The number of carbonyl (C=O) groups is 2. The van der Waals surface area contributed by atoms with E-state index in [2.05, 4.69) is 6.92 Å². The molecular weight excluding hydrogens is 290 g/mol. The van der Waals surface area contributed by atoms with Crippen molar-refractivity contribution >= 4 is 11.9 Å². The highest BCUT2D eigenvalue weighted by molar-refractivity contribution is 5.87. The van der Waals surface area contributed by atoms with Crippen LogP contribution < -0.4 is 0 Å². The maximum absolute atomic E-state index is 12.4. The van der Waals surface area contributed by atoms with E-state index in [9.17, 15) is 9.59 Å². The lowest BCUT2D eigenvalue weighted by atomic mass is 10.0. The number of carboxylic acid groups (broad SMARTS) is 1. The van der Waals surface area contributed by atoms with Gasteiger partial charge in [0, 0.05) is 13.6 Å². The molecule has 0 aliphatic heterocycles. The SMILES string of the molecule is CCc1ccccc1CC(=O)N(C)Cc1ccc(C(=O)O)cc1. The molecule has 2 rings (SSSR count). The molecule has 23 heavy (non-hydrogen) atoms. The Hall–Kier alpha value is -2.62. The summed E-state index contributed by atoms with van der Waals surface area (Å²) in [6.07, 6.45) is 1.29. The number of aryl methyl sites for hydroxylation is 1. The van der Waals surface area contributed by atoms with E-state index in [4.69, 9.17) is 5.11 Å². The Morgan fingerprint density at radius 2 is 1.61 bits per heavy atom. The molecule has 0 bridgehead atoms. The van der Waals surface area contributed by atoms with E-state index in [0.717, 1.165) is 17.5 Å². The van der Waals surface area contributed by atoms with Crippen molar-refractivity contribution in [3.63, 3.8) is 0 Å². The third-order valence-electron chi connectivity index (χ3n) is 3.89. The molecule has 0 saturated carbocycles. The molecule has 0 saturated heterocycles. The molecule has 0 atom stereocenters. The van der Waals surface area contributed by atoms with Crippen molar-refractivity contribution in [2.75, 3.05) is 7.05 Å². The fourth-order valence-corrected chi connectivity index (χ4v) is 2.49. The predicted octanol–water partition coefficient (Wildman–Crippen LogP) is 3.15. The fourth-order valence-electron chi connectivity index (χ4n) is 2.49. The van der Waals surface area contributed by atoms with Crippen molar-refractivity contribution in [2.45, 2.75) is 26.3 Å². The number of nitrogens with zero attached hydrogens (tertiary/aromatic N) is 1. The number of hydrogen-bond donors (Lipinski definition) is 1. The van der Waals surface area contributed by atoms with E-state index >= 15 is 0 Å². The second-order valence-corrected chi connectivity index (χ2v) is 5.55. The predicted molar refractivity (Wildman–Crippen MR) is 89.4 cm³/mol. The zero-order chi connectivity index (χ0) is 16.8. The van der Waals surface area contributed by atoms with Gasteiger partial charge in [0.05, 0.1) is 12.0 Å². The Morgan fingerprint density at radius 1 is 1.00 bits per heavy atom. The largest absolute Gasteiger partial charge is 0.478 e. The molecule has 4 nitrogen and oxygen atoms in total. The van der Waals surface area contributed by atoms with Crippen molar-refractivity contribution in [1.82, 2.24) is 4.90 Å². The summed E-state index contributed by atoms with van der Waals surface area (Å²) >= 11 is 0. The lowest BCUT2D eigenvalue weighted by Crippen LogP contribution is -2.28. The number of aromatic carboxylic acids is 1. The molecule has 0 spiro atoms. The van der Waals surface area contributed by atoms with Crippen molar-refractivity contribution in [3.05, 3.63) is 70.8 Å². The first kappa shape index (κ1) is 16.7. The highest BCUT2D eigenvalue weighted by atomic mass is 16.4. The first-order chi connectivity index (χ1) is 11.0. The van der Waals surface area contributed by atoms with Gasteiger partial charge in [-0.05, 0) is 35.2 Å². The summed E-state index contributed by atoms with van der Waals surface area (Å²) in [7, 11) is 1.77. The van der Waals surface area contributed by atoms with Crippen molar-refractivity contribution in [3.8, 4) is 0 Å². The van der Waals surface area contributed by atoms with Gasteiger partial charge in [-0.3, -0.25) is 4.79 Å². The molecule has 0 aromatic heterocycles. The van der Waals surface area contributed by atoms with Gasteiger partial charge < -0.3 is 10.0 Å². The Labute approximate surface area is 136 Å². The molecule has 0 fully saturated rings. The first-order valence-electron chi connectivity index (χ1n) is 7.64. The minimum atomic E-state index is -0.947. The monoisotopic (exact) mass is 311 g/mol. The zero-order valence-corrected chi connectivity index (χ0v) is 13.5. The quantitative estimate of drug-likeness (QED) is 0.891. The molecule has 4 heteroatoms. The van der Waals surface area contributed by atoms with E-state index < -0.39 is 5.97 Å². The lowest BCUT2D eigenvalue weighted by Gasteiger charge is -2.18. The van der Waals surface area contributed by atoms with Crippen LogP contribution in [0, 0.1) is 0 Å². The second kappa shape index (κ2) is 7.58. The average molecular weight is 311 g/mol. The molecule has 1 N–H and O–H groups in total. The number of carbonyl (C=O) groups excluding carboxylic acids is 1. The lowest BCUT2D eigenvalue weighted by molar-refractivity contribution is -0.129. The molecule has 0 aliphatic carbocycles. The number of amides is 1. The summed E-state index contributed by atoms with van der Waals surface area (Å²) < 4.78 is 0. The van der Waals surface area contributed by atoms with Crippen LogP contribution in [-0.4, -0.2) is 28.9 Å². The van der Waals surface area contributed by atoms with Crippen LogP contribution in [0.1, 0.15) is 34.0 Å². The Morgan fingerprint density at radius 3 is 2.17 bits per heavy atom. The number of benzene rings is 2. The van der Waals surface area contributed by atoms with Crippen molar-refractivity contribution in [2.24, 2.45) is 0 Å². The van der Waals surface area contributed by atoms with Gasteiger partial charge in [0.1, 0.15) is 0 Å². The van der Waals surface area contributed by atoms with E-state index in [1.54, 1.807) is 36.2 Å². The number of carboxylic acids is 1. The van der Waals surface area contributed by atoms with Crippen LogP contribution in [0.2, 0.25) is 0 Å². The second-order valence-electron chi connectivity index (χ2n) is 5.55. The summed E-state index contributed by atoms with van der Waals surface area (Å²) in [5.41, 5.74) is 3.42. The van der Waals surface area contributed by atoms with Crippen LogP contribution in [0.5, 0.6) is 0 Å². The van der Waals surface area contributed by atoms with Crippen LogP contribution in [0.3, 0.4) is 0 Å². The fraction of sp³-hybridized carbons (Fsp3) is 0.263. The van der Waals surface area contributed by atoms with Gasteiger partial charge in [0.25, 0.3) is 0 Å². The molecule has 120 valence electrons. The Bertz CT molecular complexity index is 692. The zero-order valence-electron chi connectivity index (χ0n) is 13.5. The first-order valence-corrected chi connectivity index (χ1v) is 7.64. The molecule has 0 unspecified atom stereocenters. The molecule has 2 aromatic rings. The number of rotatable bonds is 6. The molecule has 0 heterocycles. The van der Waals surface area contributed by atoms with Crippen molar-refractivity contribution in [1.29, 1.82) is 0 Å². The average Bonchev–Trinajstić information content (AvgIpc) is 2.55. The van der Waals surface area contributed by atoms with Crippen LogP contribution in [0.4, 0.5) is 0 Å². The molecule has 0 radical (unpaired) electrons. The molecule has 0 aliphatic rings. The van der Waals surface area contributed by atoms with Gasteiger partial charge in [-0.1, -0.05) is 43.3 Å². The highest BCUT2D eigenvalue weighted by Crippen LogP contribution is 2.13. The summed E-state index contributed by atoms with van der Waals surface area (Å²) in [5.74, 6) is -0.898. The Balaban J connectivity index is 2.01. The minimum absolute atomic E-state index is 0.0493. The third-order valence-corrected chi connectivity index (χ3v) is 3.89. The summed E-state index contributed by atoms with van der Waals surface area (Å²) in [6, 6.07) is 14.6. The topological polar surface area (TPSA) is 57.6 Å². The van der Waals surface area contributed by atoms with Crippen LogP contribution >= 0.6 is 0 Å². The molecule has 2 aromatic carbocycles. The van der Waals surface area contributed by atoms with Crippen LogP contribution in [0.15, 0.2) is 48.5 Å². The summed E-state index contributed by atoms with van der Waals surface area (Å²) in [6.45, 7) is 2.55. The van der Waals surface area contributed by atoms with E-state index in [1.807, 2.05) is 24.3 Å². The van der Waals surface area contributed by atoms with E-state index in [0.29, 0.717) is 13.0 Å². The maximum Gasteiger partial charge on any atom is 0.335 e. The summed E-state index contributed by atoms with van der Waals surface area (Å²) in [5, 5.41) is 8.89. The smallest absolute Gasteiger partial charge is 0.335 e. The maximum atomic E-state index is 12.4. The minimum Gasteiger partial charge on any atom is -0.478 e. The highest BCUT2D eigenvalue weighted by Gasteiger charge is 2.12. The number of hydrogen-bond acceptors (Lipinski definition) is 2.